The van der Waals surface area contributed by atoms with Crippen LogP contribution in [0, 0.1) is 0 Å². The van der Waals surface area contributed by atoms with Crippen LogP contribution in [0.1, 0.15) is 0 Å². The molecule has 0 heterocycles. The van der Waals surface area contributed by atoms with E-state index >= 15 is 0 Å². The van der Waals surface area contributed by atoms with E-state index in [1.54, 1.807) is 24.4 Å². The van der Waals surface area contributed by atoms with Gasteiger partial charge in [0.15, 0.2) is 6.67 Å². The van der Waals surface area contributed by atoms with Gasteiger partial charge in [0.05, 0.1) is 14.2 Å². The first-order valence-electron chi connectivity index (χ1n) is 3.80. The third-order valence-corrected chi connectivity index (χ3v) is 1.89. The number of rotatable bonds is 6. The average molecular weight is 188 g/mol. The predicted molar refractivity (Wildman–Crippen MR) is 52.7 cm³/mol. The summed E-state index contributed by atoms with van der Waals surface area (Å²) in [4.78, 5) is 8.86. The van der Waals surface area contributed by atoms with E-state index in [-0.39, 0.29) is 4.70 Å². The Bertz CT molecular complexity index is 182. The lowest BCUT2D eigenvalue weighted by Crippen LogP contribution is -2.60. The summed E-state index contributed by atoms with van der Waals surface area (Å²) < 4.78 is 0.277. The molecular formula is C7H18N5O+. The van der Waals surface area contributed by atoms with Gasteiger partial charge >= 0.3 is 0 Å². The molecule has 0 spiro atoms. The molecule has 0 aliphatic carbocycles. The number of nitrogens with zero attached hydrogens (tertiary/aromatic N) is 5. The highest BCUT2D eigenvalue weighted by atomic mass is 16.7. The maximum atomic E-state index is 5.12. The molecule has 0 fully saturated rings. The van der Waals surface area contributed by atoms with Gasteiger partial charge in [-0.05, 0) is 6.72 Å². The summed E-state index contributed by atoms with van der Waals surface area (Å²) in [5.74, 6) is 0. The van der Waals surface area contributed by atoms with E-state index in [2.05, 4.69) is 23.5 Å². The number of hydrogen-bond donors (Lipinski definition) is 0. The van der Waals surface area contributed by atoms with Gasteiger partial charge in [-0.1, -0.05) is 0 Å². The van der Waals surface area contributed by atoms with Crippen molar-refractivity contribution in [1.29, 1.82) is 0 Å². The fourth-order valence-electron chi connectivity index (χ4n) is 0.797. The highest BCUT2D eigenvalue weighted by molar-refractivity contribution is 5.22. The molecule has 0 aromatic rings. The molecule has 0 radical (unpaired) electrons. The van der Waals surface area contributed by atoms with Crippen LogP contribution in [0.2, 0.25) is 0 Å². The van der Waals surface area contributed by atoms with Gasteiger partial charge in [-0.2, -0.15) is 0 Å². The van der Waals surface area contributed by atoms with Crippen LogP contribution in [0.15, 0.2) is 10.1 Å². The van der Waals surface area contributed by atoms with Crippen LogP contribution >= 0.6 is 0 Å². The molecule has 6 nitrogen and oxygen atoms in total. The van der Waals surface area contributed by atoms with Crippen molar-refractivity contribution >= 4 is 13.4 Å². The molecule has 6 heteroatoms. The molecule has 0 aliphatic heterocycles. The van der Waals surface area contributed by atoms with Crippen molar-refractivity contribution in [3.05, 3.63) is 0 Å². The fourth-order valence-corrected chi connectivity index (χ4v) is 0.797. The van der Waals surface area contributed by atoms with Gasteiger partial charge in [0.1, 0.15) is 14.1 Å². The Kier molecular flexibility index (Phi) is 4.53. The van der Waals surface area contributed by atoms with Crippen molar-refractivity contribution in [3.8, 4) is 0 Å². The molecule has 0 unspecified atom stereocenters. The lowest BCUT2D eigenvalue weighted by atomic mass is 10.9. The number of hydroxylamine groups is 1. The van der Waals surface area contributed by atoms with E-state index in [9.17, 15) is 0 Å². The second-order valence-electron chi connectivity index (χ2n) is 2.87. The molecule has 0 amide bonds. The van der Waals surface area contributed by atoms with E-state index in [0.717, 1.165) is 0 Å². The van der Waals surface area contributed by atoms with Gasteiger partial charge in [0.2, 0.25) is 0 Å². The Morgan fingerprint density at radius 1 is 1.38 bits per heavy atom. The van der Waals surface area contributed by atoms with Gasteiger partial charge in [0.25, 0.3) is 0 Å². The van der Waals surface area contributed by atoms with Gasteiger partial charge in [-0.25, -0.2) is 0 Å². The second kappa shape index (κ2) is 4.90. The summed E-state index contributed by atoms with van der Waals surface area (Å²) >= 11 is 0. The summed E-state index contributed by atoms with van der Waals surface area (Å²) in [7, 11) is 7.15. The zero-order chi connectivity index (χ0) is 10.5. The average Bonchev–Trinajstić information content (AvgIpc) is 2.12. The van der Waals surface area contributed by atoms with Crippen molar-refractivity contribution in [3.63, 3.8) is 0 Å². The van der Waals surface area contributed by atoms with Crippen LogP contribution in [0.4, 0.5) is 0 Å². The smallest absolute Gasteiger partial charge is 0.168 e. The largest absolute Gasteiger partial charge is 0.277 e. The number of quaternary nitrogens is 1. The standard InChI is InChI=1S/C7H18N5O/c1-8-7-11(13-6)12(4,5)10(3)9-2/h1-2,7H2,3-6H3/q+1. The number of aliphatic imine (C=N–C) groups is 1. The van der Waals surface area contributed by atoms with Crippen LogP contribution < -0.4 is 0 Å². The van der Waals surface area contributed by atoms with Gasteiger partial charge < -0.3 is 0 Å². The maximum absolute atomic E-state index is 5.12. The van der Waals surface area contributed by atoms with Crippen LogP contribution in [0.3, 0.4) is 0 Å². The normalized spacial score (nSPS) is 11.5. The topological polar surface area (TPSA) is 40.4 Å². The summed E-state index contributed by atoms with van der Waals surface area (Å²) in [6, 6.07) is 0. The van der Waals surface area contributed by atoms with Crippen LogP contribution in [-0.2, 0) is 4.84 Å². The lowest BCUT2D eigenvalue weighted by molar-refractivity contribution is -1.13. The monoisotopic (exact) mass is 188 g/mol. The van der Waals surface area contributed by atoms with Gasteiger partial charge in [-0.15, -0.1) is 14.9 Å². The first-order chi connectivity index (χ1) is 6.00. The molecule has 0 N–H and O–H groups in total. The first-order valence-corrected chi connectivity index (χ1v) is 3.80. The van der Waals surface area contributed by atoms with Crippen molar-refractivity contribution in [1.82, 2.24) is 10.3 Å². The molecule has 0 atom stereocenters. The molecule has 0 aromatic heterocycles. The van der Waals surface area contributed by atoms with Crippen molar-refractivity contribution in [2.75, 3.05) is 34.9 Å². The molecule has 0 aliphatic rings. The highest BCUT2D eigenvalue weighted by Crippen LogP contribution is 2.09. The zero-order valence-electron chi connectivity index (χ0n) is 8.77. The first kappa shape index (κ1) is 12.0. The molecule has 0 saturated carbocycles. The Balaban J connectivity index is 4.53. The Morgan fingerprint density at radius 3 is 2.23 bits per heavy atom. The van der Waals surface area contributed by atoms with E-state index < -0.39 is 0 Å². The maximum Gasteiger partial charge on any atom is 0.168 e. The van der Waals surface area contributed by atoms with E-state index in [4.69, 9.17) is 4.84 Å². The Morgan fingerprint density at radius 2 is 1.92 bits per heavy atom. The Labute approximate surface area is 79.2 Å². The zero-order valence-corrected chi connectivity index (χ0v) is 8.77. The molecular weight excluding hydrogens is 170 g/mol. The third kappa shape index (κ3) is 2.76. The minimum Gasteiger partial charge on any atom is -0.277 e. The summed E-state index contributed by atoms with van der Waals surface area (Å²) in [6.45, 7) is 7.20. The molecule has 0 rings (SSSR count). The van der Waals surface area contributed by atoms with E-state index in [1.165, 1.54) is 0 Å². The summed E-state index contributed by atoms with van der Waals surface area (Å²) in [5.41, 5.74) is 0. The predicted octanol–water partition coefficient (Wildman–Crippen LogP) is -0.0383. The molecule has 0 bridgehead atoms. The van der Waals surface area contributed by atoms with Gasteiger partial charge in [-0.3, -0.25) is 9.83 Å². The van der Waals surface area contributed by atoms with Crippen LogP contribution in [0.5, 0.6) is 0 Å². The molecule has 0 aromatic carbocycles. The second-order valence-corrected chi connectivity index (χ2v) is 2.87. The summed E-state index contributed by atoms with van der Waals surface area (Å²) in [5, 5.41) is 7.02. The van der Waals surface area contributed by atoms with E-state index in [0.29, 0.717) is 6.67 Å². The minimum atomic E-state index is 0.277. The number of hydrazone groups is 1. The van der Waals surface area contributed by atoms with Crippen LogP contribution in [0.25, 0.3) is 0 Å². The lowest BCUT2D eigenvalue weighted by Gasteiger charge is -2.39. The Hall–Kier alpha value is -0.980. The highest BCUT2D eigenvalue weighted by Gasteiger charge is 2.30. The molecule has 0 saturated heterocycles. The quantitative estimate of drug-likeness (QED) is 0.334. The van der Waals surface area contributed by atoms with E-state index in [1.807, 2.05) is 14.1 Å². The third-order valence-electron chi connectivity index (χ3n) is 1.89. The molecule has 13 heavy (non-hydrogen) atoms. The summed E-state index contributed by atoms with van der Waals surface area (Å²) in [6.07, 6.45) is 0. The SMILES string of the molecule is C=NCN(OC)[N+](C)(C)N(C)N=C. The minimum absolute atomic E-state index is 0.277. The number of hydrogen-bond acceptors (Lipinski definition) is 5. The van der Waals surface area contributed by atoms with Crippen molar-refractivity contribution in [2.24, 2.45) is 10.1 Å². The van der Waals surface area contributed by atoms with Crippen molar-refractivity contribution < 1.29 is 9.54 Å². The molecule has 76 valence electrons. The fraction of sp³-hybridized carbons (Fsp3) is 0.714. The van der Waals surface area contributed by atoms with Crippen molar-refractivity contribution in [2.45, 2.75) is 0 Å². The van der Waals surface area contributed by atoms with Crippen LogP contribution in [-0.4, -0.2) is 63.3 Å². The van der Waals surface area contributed by atoms with Gasteiger partial charge in [0, 0.05) is 11.9 Å².